The molecule has 0 bridgehead atoms. The van der Waals surface area contributed by atoms with Crippen LogP contribution in [-0.4, -0.2) is 57.0 Å². The smallest absolute Gasteiger partial charge is 0.325 e. The van der Waals surface area contributed by atoms with Gasteiger partial charge in [0.2, 0.25) is 0 Å². The van der Waals surface area contributed by atoms with E-state index in [1.165, 1.54) is 31.2 Å². The van der Waals surface area contributed by atoms with E-state index in [-0.39, 0.29) is 11.3 Å². The van der Waals surface area contributed by atoms with Gasteiger partial charge < -0.3 is 15.3 Å². The highest BCUT2D eigenvalue weighted by Gasteiger charge is 2.30. The molecule has 0 aliphatic carbocycles. The molecule has 0 saturated heterocycles. The van der Waals surface area contributed by atoms with E-state index in [4.69, 9.17) is 10.2 Å². The number of hydrogen-bond donors (Lipinski definition) is 3. The molecule has 3 N–H and O–H groups in total. The van der Waals surface area contributed by atoms with Crippen molar-refractivity contribution in [3.63, 3.8) is 0 Å². The third kappa shape index (κ3) is 4.67. The van der Waals surface area contributed by atoms with Gasteiger partial charge in [0.15, 0.2) is 5.78 Å². The summed E-state index contributed by atoms with van der Waals surface area (Å²) in [4.78, 5) is 45.1. The number of Topliss-reactive ketones (excluding diaryl/α,β-unsaturated/α-hetero) is 1. The van der Waals surface area contributed by atoms with Crippen molar-refractivity contribution in [2.45, 2.75) is 13.0 Å². The number of nitrogens with zero attached hydrogens (tertiary/aromatic N) is 1. The first-order valence-corrected chi connectivity index (χ1v) is 6.23. The molecule has 0 heterocycles. The van der Waals surface area contributed by atoms with Gasteiger partial charge >= 0.3 is 17.9 Å². The Labute approximate surface area is 125 Å². The van der Waals surface area contributed by atoms with E-state index in [2.05, 4.69) is 0 Å². The Bertz CT molecular complexity index is 578. The minimum atomic E-state index is -1.44. The zero-order valence-electron chi connectivity index (χ0n) is 11.7. The maximum absolute atomic E-state index is 11.4. The van der Waals surface area contributed by atoms with E-state index in [1.807, 2.05) is 0 Å². The summed E-state index contributed by atoms with van der Waals surface area (Å²) in [5.74, 6) is -4.26. The Morgan fingerprint density at radius 2 is 1.41 bits per heavy atom. The number of carboxylic acids is 3. The molecule has 1 aromatic rings. The van der Waals surface area contributed by atoms with E-state index in [9.17, 15) is 24.3 Å². The van der Waals surface area contributed by atoms with Gasteiger partial charge in [-0.15, -0.1) is 0 Å². The highest BCUT2D eigenvalue weighted by molar-refractivity contribution is 5.94. The highest BCUT2D eigenvalue weighted by Crippen LogP contribution is 2.21. The van der Waals surface area contributed by atoms with Gasteiger partial charge in [0.05, 0.1) is 13.1 Å². The van der Waals surface area contributed by atoms with E-state index in [1.54, 1.807) is 0 Å². The highest BCUT2D eigenvalue weighted by atomic mass is 16.4. The van der Waals surface area contributed by atoms with Crippen LogP contribution in [0.1, 0.15) is 28.9 Å². The Balaban J connectivity index is 3.17. The first-order chi connectivity index (χ1) is 10.2. The summed E-state index contributed by atoms with van der Waals surface area (Å²) >= 11 is 0. The molecule has 0 aliphatic heterocycles. The molecule has 1 rings (SSSR count). The van der Waals surface area contributed by atoms with Crippen LogP contribution in [0.2, 0.25) is 0 Å². The van der Waals surface area contributed by atoms with E-state index < -0.39 is 37.0 Å². The molecule has 0 radical (unpaired) electrons. The fourth-order valence-electron chi connectivity index (χ4n) is 2.00. The van der Waals surface area contributed by atoms with Crippen molar-refractivity contribution in [3.05, 3.63) is 35.4 Å². The largest absolute Gasteiger partial charge is 0.480 e. The summed E-state index contributed by atoms with van der Waals surface area (Å²) in [6.07, 6.45) is 0. The fraction of sp³-hybridized carbons (Fsp3) is 0.286. The third-order valence-electron chi connectivity index (χ3n) is 2.91. The molecule has 1 aromatic carbocycles. The summed E-state index contributed by atoms with van der Waals surface area (Å²) in [6, 6.07) is 4.12. The zero-order chi connectivity index (χ0) is 16.9. The molecular weight excluding hydrogens is 294 g/mol. The van der Waals surface area contributed by atoms with Gasteiger partial charge in [0, 0.05) is 5.56 Å². The number of hydrogen-bond acceptors (Lipinski definition) is 5. The van der Waals surface area contributed by atoms with Crippen LogP contribution >= 0.6 is 0 Å². The van der Waals surface area contributed by atoms with Gasteiger partial charge in [-0.3, -0.25) is 24.1 Å². The Kier molecular flexibility index (Phi) is 5.76. The average Bonchev–Trinajstić information content (AvgIpc) is 2.37. The summed E-state index contributed by atoms with van der Waals surface area (Å²) in [5.41, 5.74) is 0.566. The number of aliphatic carboxylic acids is 3. The van der Waals surface area contributed by atoms with Crippen molar-refractivity contribution in [3.8, 4) is 0 Å². The molecule has 1 atom stereocenters. The van der Waals surface area contributed by atoms with Crippen LogP contribution in [-0.2, 0) is 14.4 Å². The number of rotatable bonds is 8. The predicted molar refractivity (Wildman–Crippen MR) is 73.7 cm³/mol. The van der Waals surface area contributed by atoms with Crippen molar-refractivity contribution in [1.29, 1.82) is 0 Å². The Hall–Kier alpha value is -2.74. The van der Waals surface area contributed by atoms with Gasteiger partial charge in [-0.25, -0.2) is 0 Å². The minimum Gasteiger partial charge on any atom is -0.480 e. The number of carboxylic acid groups (broad SMARTS) is 3. The standard InChI is InChI=1S/C14H15NO7/c1-8(16)9-2-4-10(5-3-9)13(14(21)22)15(6-11(17)18)7-12(19)20/h2-5,13H,6-7H2,1H3,(H,17,18)(H,19,20)(H,21,22). The van der Waals surface area contributed by atoms with Gasteiger partial charge in [0.25, 0.3) is 0 Å². The van der Waals surface area contributed by atoms with Gasteiger partial charge in [0.1, 0.15) is 6.04 Å². The van der Waals surface area contributed by atoms with Crippen molar-refractivity contribution >= 4 is 23.7 Å². The van der Waals surface area contributed by atoms with Crippen LogP contribution in [0.25, 0.3) is 0 Å². The first-order valence-electron chi connectivity index (χ1n) is 6.23. The summed E-state index contributed by atoms with van der Waals surface area (Å²) in [7, 11) is 0. The molecule has 0 aromatic heterocycles. The van der Waals surface area contributed by atoms with Gasteiger partial charge in [-0.2, -0.15) is 0 Å². The number of ketones is 1. The maximum atomic E-state index is 11.4. The lowest BCUT2D eigenvalue weighted by Crippen LogP contribution is -2.41. The Morgan fingerprint density at radius 1 is 0.955 bits per heavy atom. The van der Waals surface area contributed by atoms with Crippen molar-refractivity contribution in [1.82, 2.24) is 4.90 Å². The molecule has 0 aliphatic rings. The lowest BCUT2D eigenvalue weighted by Gasteiger charge is -2.26. The fourth-order valence-corrected chi connectivity index (χ4v) is 2.00. The normalized spacial score (nSPS) is 11.9. The molecule has 1 unspecified atom stereocenters. The number of carbonyl (C=O) groups is 4. The van der Waals surface area contributed by atoms with E-state index in [0.717, 1.165) is 4.90 Å². The SMILES string of the molecule is CC(=O)c1ccc(C(C(=O)O)N(CC(=O)O)CC(=O)O)cc1. The molecule has 8 nitrogen and oxygen atoms in total. The van der Waals surface area contributed by atoms with Crippen LogP contribution < -0.4 is 0 Å². The minimum absolute atomic E-state index is 0.194. The van der Waals surface area contributed by atoms with Crippen LogP contribution in [0, 0.1) is 0 Å². The maximum Gasteiger partial charge on any atom is 0.325 e. The van der Waals surface area contributed by atoms with Gasteiger partial charge in [-0.1, -0.05) is 24.3 Å². The molecule has 8 heteroatoms. The average molecular weight is 309 g/mol. The zero-order valence-corrected chi connectivity index (χ0v) is 11.7. The second kappa shape index (κ2) is 7.32. The lowest BCUT2D eigenvalue weighted by atomic mass is 10.0. The molecule has 0 saturated carbocycles. The van der Waals surface area contributed by atoms with E-state index in [0.29, 0.717) is 5.56 Å². The summed E-state index contributed by atoms with van der Waals surface area (Å²) < 4.78 is 0. The number of benzene rings is 1. The van der Waals surface area contributed by atoms with E-state index >= 15 is 0 Å². The first kappa shape index (κ1) is 17.3. The van der Waals surface area contributed by atoms with Crippen LogP contribution in [0.5, 0.6) is 0 Å². The quantitative estimate of drug-likeness (QED) is 0.591. The third-order valence-corrected chi connectivity index (χ3v) is 2.91. The molecule has 22 heavy (non-hydrogen) atoms. The summed E-state index contributed by atoms with van der Waals surface area (Å²) in [5, 5.41) is 26.9. The second-order valence-corrected chi connectivity index (χ2v) is 4.61. The number of carbonyl (C=O) groups excluding carboxylic acids is 1. The molecule has 0 amide bonds. The van der Waals surface area contributed by atoms with Crippen molar-refractivity contribution in [2.24, 2.45) is 0 Å². The van der Waals surface area contributed by atoms with Gasteiger partial charge in [-0.05, 0) is 12.5 Å². The van der Waals surface area contributed by atoms with Crippen LogP contribution in [0.3, 0.4) is 0 Å². The molecule has 0 fully saturated rings. The molecule has 118 valence electrons. The molecule has 0 spiro atoms. The summed E-state index contributed by atoms with van der Waals surface area (Å²) in [6.45, 7) is -0.125. The Morgan fingerprint density at radius 3 is 1.73 bits per heavy atom. The van der Waals surface area contributed by atoms with Crippen LogP contribution in [0.4, 0.5) is 0 Å². The van der Waals surface area contributed by atoms with Crippen molar-refractivity contribution < 1.29 is 34.5 Å². The predicted octanol–water partition coefficient (Wildman–Crippen LogP) is 0.486. The second-order valence-electron chi connectivity index (χ2n) is 4.61. The monoisotopic (exact) mass is 309 g/mol. The van der Waals surface area contributed by atoms with Crippen molar-refractivity contribution in [2.75, 3.05) is 13.1 Å². The molecular formula is C14H15NO7. The lowest BCUT2D eigenvalue weighted by molar-refractivity contribution is -0.149. The van der Waals surface area contributed by atoms with Crippen LogP contribution in [0.15, 0.2) is 24.3 Å². The topological polar surface area (TPSA) is 132 Å².